The smallest absolute Gasteiger partial charge is 0.325 e. The van der Waals surface area contributed by atoms with E-state index in [1.54, 1.807) is 19.3 Å². The molecule has 0 bridgehead atoms. The summed E-state index contributed by atoms with van der Waals surface area (Å²) >= 11 is 0. The van der Waals surface area contributed by atoms with Crippen LogP contribution in [0.1, 0.15) is 12.5 Å². The zero-order valence-electron chi connectivity index (χ0n) is 8.36. The van der Waals surface area contributed by atoms with Gasteiger partial charge in [-0.3, -0.25) is 9.78 Å². The van der Waals surface area contributed by atoms with Crippen LogP contribution in [0.15, 0.2) is 24.5 Å². The lowest BCUT2D eigenvalue weighted by Gasteiger charge is -2.21. The minimum Gasteiger partial charge on any atom is -0.468 e. The van der Waals surface area contributed by atoms with Crippen molar-refractivity contribution in [3.05, 3.63) is 30.1 Å². The van der Waals surface area contributed by atoms with E-state index in [0.717, 1.165) is 5.56 Å². The van der Waals surface area contributed by atoms with Gasteiger partial charge in [0.1, 0.15) is 5.54 Å². The molecule has 4 nitrogen and oxygen atoms in total. The number of ether oxygens (including phenoxy) is 1. The van der Waals surface area contributed by atoms with Crippen molar-refractivity contribution in [1.29, 1.82) is 0 Å². The van der Waals surface area contributed by atoms with Gasteiger partial charge >= 0.3 is 5.97 Å². The van der Waals surface area contributed by atoms with Gasteiger partial charge in [0.05, 0.1) is 7.11 Å². The van der Waals surface area contributed by atoms with Crippen LogP contribution in [0.5, 0.6) is 0 Å². The molecule has 14 heavy (non-hydrogen) atoms. The zero-order valence-corrected chi connectivity index (χ0v) is 8.36. The fourth-order valence-electron chi connectivity index (χ4n) is 1.23. The highest BCUT2D eigenvalue weighted by atomic mass is 16.5. The van der Waals surface area contributed by atoms with Crippen molar-refractivity contribution >= 4 is 5.97 Å². The SMILES string of the molecule is COC(=O)[C@](C)(N)Cc1ccncc1. The first-order valence-electron chi connectivity index (χ1n) is 4.32. The van der Waals surface area contributed by atoms with Gasteiger partial charge in [0, 0.05) is 18.8 Å². The van der Waals surface area contributed by atoms with E-state index in [9.17, 15) is 4.79 Å². The van der Waals surface area contributed by atoms with Gasteiger partial charge in [-0.25, -0.2) is 0 Å². The van der Waals surface area contributed by atoms with Crippen LogP contribution in [-0.4, -0.2) is 23.6 Å². The monoisotopic (exact) mass is 194 g/mol. The van der Waals surface area contributed by atoms with E-state index in [-0.39, 0.29) is 0 Å². The number of esters is 1. The van der Waals surface area contributed by atoms with Crippen molar-refractivity contribution < 1.29 is 9.53 Å². The van der Waals surface area contributed by atoms with Crippen LogP contribution in [0, 0.1) is 0 Å². The summed E-state index contributed by atoms with van der Waals surface area (Å²) in [7, 11) is 1.33. The number of nitrogens with two attached hydrogens (primary N) is 1. The second-order valence-corrected chi connectivity index (χ2v) is 3.44. The van der Waals surface area contributed by atoms with Crippen molar-refractivity contribution in [2.75, 3.05) is 7.11 Å². The third-order valence-corrected chi connectivity index (χ3v) is 1.97. The highest BCUT2D eigenvalue weighted by molar-refractivity contribution is 5.80. The third kappa shape index (κ3) is 2.53. The Kier molecular flexibility index (Phi) is 3.19. The number of carbonyl (C=O) groups excluding carboxylic acids is 1. The Morgan fingerprint density at radius 1 is 1.57 bits per heavy atom. The minimum atomic E-state index is -0.976. The van der Waals surface area contributed by atoms with Crippen molar-refractivity contribution in [2.24, 2.45) is 5.73 Å². The highest BCUT2D eigenvalue weighted by Crippen LogP contribution is 2.11. The number of carbonyl (C=O) groups is 1. The number of pyridine rings is 1. The minimum absolute atomic E-state index is 0.408. The molecule has 1 aromatic rings. The molecule has 2 N–H and O–H groups in total. The lowest BCUT2D eigenvalue weighted by atomic mass is 9.95. The van der Waals surface area contributed by atoms with Gasteiger partial charge in [-0.1, -0.05) is 0 Å². The van der Waals surface area contributed by atoms with Crippen LogP contribution in [0.25, 0.3) is 0 Å². The summed E-state index contributed by atoms with van der Waals surface area (Å²) < 4.78 is 4.61. The average Bonchev–Trinajstić information content (AvgIpc) is 2.17. The van der Waals surface area contributed by atoms with Crippen molar-refractivity contribution in [3.8, 4) is 0 Å². The molecule has 1 atom stereocenters. The molecule has 0 aliphatic carbocycles. The fraction of sp³-hybridized carbons (Fsp3) is 0.400. The molecule has 1 aromatic heterocycles. The summed E-state index contributed by atoms with van der Waals surface area (Å²) in [6.45, 7) is 1.65. The van der Waals surface area contributed by atoms with Crippen molar-refractivity contribution in [1.82, 2.24) is 4.98 Å². The normalized spacial score (nSPS) is 14.5. The summed E-state index contributed by atoms with van der Waals surface area (Å²) in [6, 6.07) is 3.65. The fourth-order valence-corrected chi connectivity index (χ4v) is 1.23. The molecule has 1 heterocycles. The van der Waals surface area contributed by atoms with Crippen LogP contribution < -0.4 is 5.73 Å². The van der Waals surface area contributed by atoms with Crippen LogP contribution in [-0.2, 0) is 16.0 Å². The Balaban J connectivity index is 2.73. The largest absolute Gasteiger partial charge is 0.468 e. The van der Waals surface area contributed by atoms with E-state index in [4.69, 9.17) is 5.73 Å². The Hall–Kier alpha value is -1.42. The molecule has 0 spiro atoms. The quantitative estimate of drug-likeness (QED) is 0.712. The molecule has 0 aliphatic heterocycles. The maximum absolute atomic E-state index is 11.3. The van der Waals surface area contributed by atoms with E-state index in [2.05, 4.69) is 9.72 Å². The molecule has 0 radical (unpaired) electrons. The first-order valence-corrected chi connectivity index (χ1v) is 4.32. The number of hydrogen-bond acceptors (Lipinski definition) is 4. The Morgan fingerprint density at radius 3 is 2.64 bits per heavy atom. The number of methoxy groups -OCH3 is 1. The van der Waals surface area contributed by atoms with E-state index < -0.39 is 11.5 Å². The molecular weight excluding hydrogens is 180 g/mol. The van der Waals surface area contributed by atoms with Gasteiger partial charge in [-0.05, 0) is 24.6 Å². The molecule has 0 unspecified atom stereocenters. The Labute approximate surface area is 83.1 Å². The standard InChI is InChI=1S/C10H14N2O2/c1-10(11,9(13)14-2)7-8-3-5-12-6-4-8/h3-6H,7,11H2,1-2H3/t10-/m1/s1. The van der Waals surface area contributed by atoms with Gasteiger partial charge in [-0.15, -0.1) is 0 Å². The third-order valence-electron chi connectivity index (χ3n) is 1.97. The second kappa shape index (κ2) is 4.19. The number of nitrogens with zero attached hydrogens (tertiary/aromatic N) is 1. The molecule has 0 fully saturated rings. The first-order chi connectivity index (χ1) is 6.56. The summed E-state index contributed by atoms with van der Waals surface area (Å²) in [5.74, 6) is -0.408. The van der Waals surface area contributed by atoms with Crippen molar-refractivity contribution in [2.45, 2.75) is 18.9 Å². The van der Waals surface area contributed by atoms with Gasteiger partial charge in [0.2, 0.25) is 0 Å². The molecule has 0 aliphatic rings. The van der Waals surface area contributed by atoms with Crippen LogP contribution in [0.3, 0.4) is 0 Å². The van der Waals surface area contributed by atoms with Gasteiger partial charge in [0.15, 0.2) is 0 Å². The molecule has 0 saturated carbocycles. The average molecular weight is 194 g/mol. The molecule has 0 aromatic carbocycles. The van der Waals surface area contributed by atoms with E-state index in [0.29, 0.717) is 6.42 Å². The second-order valence-electron chi connectivity index (χ2n) is 3.44. The molecule has 76 valence electrons. The van der Waals surface area contributed by atoms with Gasteiger partial charge in [-0.2, -0.15) is 0 Å². The molecule has 0 amide bonds. The Morgan fingerprint density at radius 2 is 2.14 bits per heavy atom. The first kappa shape index (κ1) is 10.7. The maximum Gasteiger partial charge on any atom is 0.325 e. The predicted octanol–water partition coefficient (Wildman–Crippen LogP) is 0.514. The van der Waals surface area contributed by atoms with E-state index in [1.165, 1.54) is 7.11 Å². The van der Waals surface area contributed by atoms with Gasteiger partial charge in [0.25, 0.3) is 0 Å². The van der Waals surface area contributed by atoms with Crippen molar-refractivity contribution in [3.63, 3.8) is 0 Å². The van der Waals surface area contributed by atoms with Crippen LogP contribution in [0.2, 0.25) is 0 Å². The number of hydrogen-bond donors (Lipinski definition) is 1. The molecule has 1 rings (SSSR count). The molecule has 4 heteroatoms. The summed E-state index contributed by atoms with van der Waals surface area (Å²) in [5, 5.41) is 0. The molecule has 0 saturated heterocycles. The van der Waals surface area contributed by atoms with E-state index >= 15 is 0 Å². The molecular formula is C10H14N2O2. The highest BCUT2D eigenvalue weighted by Gasteiger charge is 2.29. The lowest BCUT2D eigenvalue weighted by Crippen LogP contribution is -2.47. The maximum atomic E-state index is 11.3. The lowest BCUT2D eigenvalue weighted by molar-refractivity contribution is -0.146. The van der Waals surface area contributed by atoms with E-state index in [1.807, 2.05) is 12.1 Å². The number of aromatic nitrogens is 1. The number of rotatable bonds is 3. The van der Waals surface area contributed by atoms with Crippen LogP contribution >= 0.6 is 0 Å². The topological polar surface area (TPSA) is 65.2 Å². The zero-order chi connectivity index (χ0) is 10.6. The Bertz CT molecular complexity index is 309. The predicted molar refractivity (Wildman–Crippen MR) is 52.5 cm³/mol. The van der Waals surface area contributed by atoms with Gasteiger partial charge < -0.3 is 10.5 Å². The summed E-state index contributed by atoms with van der Waals surface area (Å²) in [5.41, 5.74) is 5.80. The van der Waals surface area contributed by atoms with Crippen LogP contribution in [0.4, 0.5) is 0 Å². The summed E-state index contributed by atoms with van der Waals surface area (Å²) in [6.07, 6.45) is 3.79. The summed E-state index contributed by atoms with van der Waals surface area (Å²) in [4.78, 5) is 15.2.